The van der Waals surface area contributed by atoms with Crippen LogP contribution in [0.5, 0.6) is 5.75 Å². The minimum Gasteiger partial charge on any atom is -0.507 e. The second-order valence-electron chi connectivity index (χ2n) is 7.79. The number of pyridine rings is 1. The largest absolute Gasteiger partial charge is 0.507 e. The monoisotopic (exact) mass is 477 g/mol. The van der Waals surface area contributed by atoms with Crippen molar-refractivity contribution in [1.82, 2.24) is 9.97 Å². The summed E-state index contributed by atoms with van der Waals surface area (Å²) in [4.78, 5) is 48.4. The molecule has 0 saturated carbocycles. The van der Waals surface area contributed by atoms with Crippen molar-refractivity contribution in [2.24, 2.45) is 0 Å². The zero-order valence-corrected chi connectivity index (χ0v) is 19.8. The number of nitrogens with zero attached hydrogens (tertiary/aromatic N) is 3. The molecule has 1 amide bonds. The number of ether oxygens (including phenoxy) is 1. The number of aliphatic hydroxyl groups is 1. The normalized spacial score (nSPS) is 17.3. The Morgan fingerprint density at radius 1 is 1.15 bits per heavy atom. The van der Waals surface area contributed by atoms with E-state index in [1.165, 1.54) is 24.2 Å². The Labute approximate surface area is 200 Å². The van der Waals surface area contributed by atoms with Crippen LogP contribution >= 0.6 is 11.3 Å². The second-order valence-corrected chi connectivity index (χ2v) is 8.77. The average molecular weight is 478 g/mol. The van der Waals surface area contributed by atoms with Crippen LogP contribution in [0.3, 0.4) is 0 Å². The van der Waals surface area contributed by atoms with E-state index in [1.807, 2.05) is 6.92 Å². The summed E-state index contributed by atoms with van der Waals surface area (Å²) in [6, 6.07) is 9.20. The van der Waals surface area contributed by atoms with Crippen LogP contribution in [-0.4, -0.2) is 39.2 Å². The van der Waals surface area contributed by atoms with Crippen LogP contribution in [0.25, 0.3) is 5.76 Å². The van der Waals surface area contributed by atoms with E-state index >= 15 is 0 Å². The Balaban J connectivity index is 1.88. The number of rotatable bonds is 7. The molecule has 4 rings (SSSR count). The summed E-state index contributed by atoms with van der Waals surface area (Å²) < 4.78 is 5.65. The molecule has 1 aromatic carbocycles. The number of amides is 1. The van der Waals surface area contributed by atoms with Crippen molar-refractivity contribution < 1.29 is 24.2 Å². The summed E-state index contributed by atoms with van der Waals surface area (Å²) in [6.45, 7) is 5.67. The summed E-state index contributed by atoms with van der Waals surface area (Å²) in [7, 11) is 0. The Morgan fingerprint density at radius 3 is 2.41 bits per heavy atom. The van der Waals surface area contributed by atoms with E-state index in [1.54, 1.807) is 43.3 Å². The first-order chi connectivity index (χ1) is 16.3. The Bertz CT molecular complexity index is 1280. The molecular weight excluding hydrogens is 454 g/mol. The number of thiazole rings is 1. The van der Waals surface area contributed by atoms with Crippen molar-refractivity contribution in [3.63, 3.8) is 0 Å². The fraction of sp³-hybridized carbons (Fsp3) is 0.240. The van der Waals surface area contributed by atoms with Gasteiger partial charge in [-0.05, 0) is 43.2 Å². The van der Waals surface area contributed by atoms with Crippen LogP contribution in [0.15, 0.2) is 54.4 Å². The van der Waals surface area contributed by atoms with Gasteiger partial charge in [0.2, 0.25) is 0 Å². The van der Waals surface area contributed by atoms with Crippen LogP contribution in [0.2, 0.25) is 0 Å². The van der Waals surface area contributed by atoms with E-state index in [2.05, 4.69) is 9.97 Å². The van der Waals surface area contributed by atoms with Gasteiger partial charge in [0.15, 0.2) is 10.9 Å². The number of aryl methyl sites for hydroxylation is 1. The quantitative estimate of drug-likeness (QED) is 0.231. The number of benzene rings is 1. The third-order valence-electron chi connectivity index (χ3n) is 5.38. The fourth-order valence-corrected chi connectivity index (χ4v) is 4.78. The maximum Gasteiger partial charge on any atom is 0.301 e. The average Bonchev–Trinajstić information content (AvgIpc) is 3.35. The van der Waals surface area contributed by atoms with Crippen molar-refractivity contribution in [1.29, 1.82) is 0 Å². The highest BCUT2D eigenvalue weighted by molar-refractivity contribution is 7.18. The summed E-state index contributed by atoms with van der Waals surface area (Å²) in [6.07, 6.45) is 3.84. The van der Waals surface area contributed by atoms with Gasteiger partial charge in [0, 0.05) is 24.9 Å². The zero-order valence-electron chi connectivity index (χ0n) is 18.9. The van der Waals surface area contributed by atoms with Crippen LogP contribution in [0, 0.1) is 6.92 Å². The van der Waals surface area contributed by atoms with Crippen molar-refractivity contribution in [2.75, 3.05) is 11.5 Å². The van der Waals surface area contributed by atoms with Crippen LogP contribution in [0.1, 0.15) is 52.8 Å². The van der Waals surface area contributed by atoms with E-state index in [0.717, 1.165) is 17.8 Å². The third-order valence-corrected chi connectivity index (χ3v) is 6.64. The molecule has 1 saturated heterocycles. The van der Waals surface area contributed by atoms with Gasteiger partial charge in [-0.15, -0.1) is 0 Å². The van der Waals surface area contributed by atoms with E-state index in [4.69, 9.17) is 4.74 Å². The predicted octanol–water partition coefficient (Wildman–Crippen LogP) is 4.46. The van der Waals surface area contributed by atoms with Crippen LogP contribution in [0.4, 0.5) is 5.13 Å². The number of hydrogen-bond acceptors (Lipinski definition) is 8. The molecule has 1 atom stereocenters. The number of ketones is 2. The molecule has 2 aromatic heterocycles. The predicted molar refractivity (Wildman–Crippen MR) is 128 cm³/mol. The number of carbonyl (C=O) groups excluding carboxylic acids is 3. The Morgan fingerprint density at radius 2 is 1.82 bits per heavy atom. The zero-order chi connectivity index (χ0) is 24.4. The van der Waals surface area contributed by atoms with Crippen LogP contribution < -0.4 is 9.64 Å². The maximum atomic E-state index is 13.2. The molecule has 34 heavy (non-hydrogen) atoms. The fourth-order valence-electron chi connectivity index (χ4n) is 3.79. The SMILES string of the molecule is CCCOc1ccc(C2C(=C(O)c3ccncc3)C(=O)C(=O)N2c2nc(C)c(C(C)=O)s2)cc1. The first kappa shape index (κ1) is 23.3. The molecule has 1 fully saturated rings. The molecule has 9 heteroatoms. The third kappa shape index (κ3) is 4.22. The standard InChI is InChI=1S/C25H23N3O5S/c1-4-13-33-18-7-5-16(6-8-18)20-19(21(30)17-9-11-26-12-10-17)22(31)24(32)28(20)25-27-14(2)23(34-25)15(3)29/h5-12,20,30H,4,13H2,1-3H3. The first-order valence-electron chi connectivity index (χ1n) is 10.8. The Hall–Kier alpha value is -3.85. The van der Waals surface area contributed by atoms with Gasteiger partial charge < -0.3 is 9.84 Å². The highest BCUT2D eigenvalue weighted by atomic mass is 32.1. The van der Waals surface area contributed by atoms with Gasteiger partial charge in [-0.1, -0.05) is 30.4 Å². The molecule has 1 N–H and O–H groups in total. The van der Waals surface area contributed by atoms with Gasteiger partial charge in [-0.3, -0.25) is 24.3 Å². The van der Waals surface area contributed by atoms with Gasteiger partial charge in [0.25, 0.3) is 5.78 Å². The summed E-state index contributed by atoms with van der Waals surface area (Å²) >= 11 is 1.05. The van der Waals surface area contributed by atoms with E-state index in [0.29, 0.717) is 34.1 Å². The number of hydrogen-bond donors (Lipinski definition) is 1. The van der Waals surface area contributed by atoms with Crippen molar-refractivity contribution in [3.05, 3.63) is 76.1 Å². The topological polar surface area (TPSA) is 110 Å². The number of anilines is 1. The van der Waals surface area contributed by atoms with E-state index in [9.17, 15) is 19.5 Å². The molecular formula is C25H23N3O5S. The molecule has 0 radical (unpaired) electrons. The molecule has 3 heterocycles. The number of Topliss-reactive ketones (excluding diaryl/α,β-unsaturated/α-hetero) is 2. The maximum absolute atomic E-state index is 13.2. The van der Waals surface area contributed by atoms with Crippen molar-refractivity contribution >= 4 is 39.7 Å². The number of aromatic nitrogens is 2. The van der Waals surface area contributed by atoms with Gasteiger partial charge in [0.05, 0.1) is 28.8 Å². The molecule has 3 aromatic rings. The number of carbonyl (C=O) groups is 3. The lowest BCUT2D eigenvalue weighted by Crippen LogP contribution is -2.29. The summed E-state index contributed by atoms with van der Waals surface area (Å²) in [5, 5.41) is 11.3. The molecule has 8 nitrogen and oxygen atoms in total. The minimum atomic E-state index is -0.932. The lowest BCUT2D eigenvalue weighted by molar-refractivity contribution is -0.132. The highest BCUT2D eigenvalue weighted by Crippen LogP contribution is 2.44. The van der Waals surface area contributed by atoms with Gasteiger partial charge in [-0.2, -0.15) is 0 Å². The molecule has 0 aliphatic carbocycles. The first-order valence-corrected chi connectivity index (χ1v) is 11.6. The highest BCUT2D eigenvalue weighted by Gasteiger charge is 2.48. The molecule has 174 valence electrons. The van der Waals surface area contributed by atoms with Gasteiger partial charge >= 0.3 is 5.91 Å². The molecule has 1 aliphatic heterocycles. The molecule has 0 bridgehead atoms. The van der Waals surface area contributed by atoms with Crippen LogP contribution in [-0.2, 0) is 9.59 Å². The van der Waals surface area contributed by atoms with Crippen molar-refractivity contribution in [2.45, 2.75) is 33.2 Å². The second kappa shape index (κ2) is 9.56. The summed E-state index contributed by atoms with van der Waals surface area (Å²) in [5.74, 6) is -1.48. The lowest BCUT2D eigenvalue weighted by atomic mass is 9.95. The molecule has 0 spiro atoms. The Kier molecular flexibility index (Phi) is 6.56. The molecule has 1 unspecified atom stereocenters. The van der Waals surface area contributed by atoms with E-state index in [-0.39, 0.29) is 22.2 Å². The van der Waals surface area contributed by atoms with Gasteiger partial charge in [0.1, 0.15) is 11.5 Å². The number of aliphatic hydroxyl groups excluding tert-OH is 1. The van der Waals surface area contributed by atoms with Gasteiger partial charge in [-0.25, -0.2) is 4.98 Å². The lowest BCUT2D eigenvalue weighted by Gasteiger charge is -2.23. The molecule has 1 aliphatic rings. The van der Waals surface area contributed by atoms with Crippen molar-refractivity contribution in [3.8, 4) is 5.75 Å². The smallest absolute Gasteiger partial charge is 0.301 e. The minimum absolute atomic E-state index is 0.0596. The summed E-state index contributed by atoms with van der Waals surface area (Å²) in [5.41, 5.74) is 1.37. The van der Waals surface area contributed by atoms with E-state index < -0.39 is 17.7 Å².